The maximum absolute atomic E-state index is 13.9. The predicted molar refractivity (Wildman–Crippen MR) is 157 cm³/mol. The second kappa shape index (κ2) is 12.7. The van der Waals surface area contributed by atoms with E-state index in [9.17, 15) is 18.0 Å². The lowest BCUT2D eigenvalue weighted by atomic mass is 10.0. The highest BCUT2D eigenvalue weighted by atomic mass is 127. The van der Waals surface area contributed by atoms with E-state index in [-0.39, 0.29) is 23.4 Å². The fourth-order valence-corrected chi connectivity index (χ4v) is 4.81. The smallest absolute Gasteiger partial charge is 0.342 e. The van der Waals surface area contributed by atoms with Crippen molar-refractivity contribution in [3.8, 4) is 23.5 Å². The molecule has 2 aromatic carbocycles. The van der Waals surface area contributed by atoms with Crippen LogP contribution >= 0.6 is 22.6 Å². The number of alkyl halides is 4. The molecule has 0 fully saturated rings. The van der Waals surface area contributed by atoms with Gasteiger partial charge in [0.1, 0.15) is 5.69 Å². The molecule has 11 heteroatoms. The van der Waals surface area contributed by atoms with Crippen molar-refractivity contribution < 1.29 is 18.0 Å². The highest BCUT2D eigenvalue weighted by Gasteiger charge is 2.34. The van der Waals surface area contributed by atoms with Crippen LogP contribution in [0.1, 0.15) is 45.2 Å². The Kier molecular flexibility index (Phi) is 9.32. The Balaban J connectivity index is 1.55. The fourth-order valence-electron chi connectivity index (χ4n) is 4.13. The third kappa shape index (κ3) is 7.11. The van der Waals surface area contributed by atoms with Gasteiger partial charge < -0.3 is 14.9 Å². The lowest BCUT2D eigenvalue weighted by Crippen LogP contribution is -2.26. The molecule has 2 heterocycles. The van der Waals surface area contributed by atoms with E-state index in [0.29, 0.717) is 36.0 Å². The molecule has 0 saturated heterocycles. The molecular formula is C29H28F3IN6O. The minimum Gasteiger partial charge on any atom is -0.342 e. The number of imidazole rings is 2. The van der Waals surface area contributed by atoms with Crippen LogP contribution in [0.25, 0.3) is 11.6 Å². The summed E-state index contributed by atoms with van der Waals surface area (Å²) in [6.07, 6.45) is 0.580. The van der Waals surface area contributed by atoms with Crippen molar-refractivity contribution in [3.05, 3.63) is 88.5 Å². The van der Waals surface area contributed by atoms with Crippen molar-refractivity contribution in [2.45, 2.75) is 26.6 Å². The van der Waals surface area contributed by atoms with Crippen molar-refractivity contribution in [2.24, 2.45) is 7.05 Å². The van der Waals surface area contributed by atoms with Crippen molar-refractivity contribution in [2.75, 3.05) is 22.8 Å². The topological polar surface area (TPSA) is 78.8 Å². The third-order valence-electron chi connectivity index (χ3n) is 6.33. The Bertz CT molecular complexity index is 1550. The van der Waals surface area contributed by atoms with Gasteiger partial charge in [-0.3, -0.25) is 9.69 Å². The van der Waals surface area contributed by atoms with Crippen molar-refractivity contribution in [1.29, 1.82) is 0 Å². The van der Waals surface area contributed by atoms with E-state index in [2.05, 4.69) is 54.7 Å². The number of H-pyrrole nitrogens is 1. The summed E-state index contributed by atoms with van der Waals surface area (Å²) in [5.41, 5.74) is 1.77. The van der Waals surface area contributed by atoms with Gasteiger partial charge in [-0.1, -0.05) is 47.6 Å². The first-order valence-electron chi connectivity index (χ1n) is 12.5. The molecule has 0 aliphatic heterocycles. The SMILES string of the molecule is CCN(CCI)Cc1ccc(NC(=O)c2ccc(C)c(C#Cc3cn(C)c(-c4ncc[nH]4)n3)c2)cc1C(F)(F)F. The molecule has 0 unspecified atom stereocenters. The number of amides is 1. The third-order valence-corrected chi connectivity index (χ3v) is 6.81. The molecular weight excluding hydrogens is 632 g/mol. The molecule has 0 bridgehead atoms. The first-order valence-corrected chi connectivity index (χ1v) is 14.1. The van der Waals surface area contributed by atoms with Crippen LogP contribution in [-0.4, -0.2) is 47.8 Å². The number of hydrogen-bond donors (Lipinski definition) is 2. The van der Waals surface area contributed by atoms with Gasteiger partial charge in [0, 0.05) is 60.0 Å². The number of rotatable bonds is 8. The van der Waals surface area contributed by atoms with Crippen LogP contribution < -0.4 is 5.32 Å². The lowest BCUT2D eigenvalue weighted by molar-refractivity contribution is -0.138. The molecule has 0 spiro atoms. The zero-order valence-electron chi connectivity index (χ0n) is 22.2. The average molecular weight is 660 g/mol. The Morgan fingerprint density at radius 1 is 1.20 bits per heavy atom. The van der Waals surface area contributed by atoms with Gasteiger partial charge in [0.25, 0.3) is 5.91 Å². The van der Waals surface area contributed by atoms with E-state index < -0.39 is 17.6 Å². The molecule has 1 amide bonds. The number of carbonyl (C=O) groups is 1. The van der Waals surface area contributed by atoms with E-state index in [1.807, 2.05) is 30.4 Å². The van der Waals surface area contributed by atoms with Crippen molar-refractivity contribution in [1.82, 2.24) is 24.4 Å². The first-order chi connectivity index (χ1) is 19.1. The molecule has 7 nitrogen and oxygen atoms in total. The number of halogens is 4. The van der Waals surface area contributed by atoms with Gasteiger partial charge in [0.15, 0.2) is 11.6 Å². The van der Waals surface area contributed by atoms with Crippen LogP contribution in [0.4, 0.5) is 18.9 Å². The highest BCUT2D eigenvalue weighted by Crippen LogP contribution is 2.34. The zero-order chi connectivity index (χ0) is 28.9. The largest absolute Gasteiger partial charge is 0.416 e. The van der Waals surface area contributed by atoms with Crippen LogP contribution in [0.3, 0.4) is 0 Å². The normalized spacial score (nSPS) is 11.4. The van der Waals surface area contributed by atoms with E-state index in [1.165, 1.54) is 12.1 Å². The summed E-state index contributed by atoms with van der Waals surface area (Å²) in [4.78, 5) is 26.7. The first kappa shape index (κ1) is 29.4. The van der Waals surface area contributed by atoms with Gasteiger partial charge in [-0.15, -0.1) is 0 Å². The molecule has 2 aromatic heterocycles. The van der Waals surface area contributed by atoms with Gasteiger partial charge in [0.2, 0.25) is 0 Å². The van der Waals surface area contributed by atoms with Crippen LogP contribution in [0, 0.1) is 18.8 Å². The Labute approximate surface area is 244 Å². The Morgan fingerprint density at radius 2 is 2.00 bits per heavy atom. The van der Waals surface area contributed by atoms with E-state index >= 15 is 0 Å². The number of aromatic nitrogens is 4. The van der Waals surface area contributed by atoms with Crippen molar-refractivity contribution in [3.63, 3.8) is 0 Å². The van der Waals surface area contributed by atoms with Crippen LogP contribution in [0.15, 0.2) is 55.0 Å². The number of hydrogen-bond acceptors (Lipinski definition) is 4. The Morgan fingerprint density at radius 3 is 2.67 bits per heavy atom. The number of aryl methyl sites for hydroxylation is 2. The van der Waals surface area contributed by atoms with Crippen LogP contribution in [-0.2, 0) is 19.8 Å². The van der Waals surface area contributed by atoms with E-state index in [4.69, 9.17) is 0 Å². The van der Waals surface area contributed by atoms with E-state index in [1.54, 1.807) is 36.8 Å². The molecule has 4 aromatic rings. The molecule has 208 valence electrons. The fraction of sp³-hybridized carbons (Fsp3) is 0.276. The second-order valence-electron chi connectivity index (χ2n) is 9.16. The number of nitrogens with zero attached hydrogens (tertiary/aromatic N) is 4. The molecule has 0 atom stereocenters. The van der Waals surface area contributed by atoms with Gasteiger partial charge in [-0.2, -0.15) is 13.2 Å². The van der Waals surface area contributed by atoms with Gasteiger partial charge in [0.05, 0.1) is 5.56 Å². The molecule has 2 N–H and O–H groups in total. The molecule has 4 rings (SSSR count). The molecule has 0 aliphatic carbocycles. The summed E-state index contributed by atoms with van der Waals surface area (Å²) in [7, 11) is 1.84. The predicted octanol–water partition coefficient (Wildman–Crippen LogP) is 6.05. The molecule has 0 radical (unpaired) electrons. The summed E-state index contributed by atoms with van der Waals surface area (Å²) in [6.45, 7) is 5.30. The number of carbonyl (C=O) groups excluding carboxylic acids is 1. The lowest BCUT2D eigenvalue weighted by Gasteiger charge is -2.22. The van der Waals surface area contributed by atoms with Gasteiger partial charge >= 0.3 is 6.18 Å². The molecule has 40 heavy (non-hydrogen) atoms. The monoisotopic (exact) mass is 660 g/mol. The standard InChI is InChI=1S/C29H28F3IN6O/c1-4-39(14-11-33)17-22-8-9-23(16-25(22)29(30,31)32)37-28(40)21-6-5-19(2)20(15-21)7-10-24-18-38(3)27(36-24)26-34-12-13-35-26/h5-6,8-9,12-13,15-16,18H,4,11,14,17H2,1-3H3,(H,34,35)(H,37,40). The summed E-state index contributed by atoms with van der Waals surface area (Å²) in [5, 5.41) is 2.61. The maximum atomic E-state index is 13.9. The summed E-state index contributed by atoms with van der Waals surface area (Å²) >= 11 is 2.21. The quantitative estimate of drug-likeness (QED) is 0.137. The van der Waals surface area contributed by atoms with Crippen LogP contribution in [0.2, 0.25) is 0 Å². The second-order valence-corrected chi connectivity index (χ2v) is 10.2. The minimum atomic E-state index is -4.55. The van der Waals surface area contributed by atoms with Crippen LogP contribution in [0.5, 0.6) is 0 Å². The summed E-state index contributed by atoms with van der Waals surface area (Å²) < 4.78 is 44.3. The number of benzene rings is 2. The van der Waals surface area contributed by atoms with Gasteiger partial charge in [-0.25, -0.2) is 9.97 Å². The van der Waals surface area contributed by atoms with E-state index in [0.717, 1.165) is 16.1 Å². The maximum Gasteiger partial charge on any atom is 0.416 e. The number of aromatic amines is 1. The van der Waals surface area contributed by atoms with Gasteiger partial charge in [-0.05, 0) is 54.8 Å². The minimum absolute atomic E-state index is 0.0742. The Hall–Kier alpha value is -3.63. The zero-order valence-corrected chi connectivity index (χ0v) is 24.4. The number of nitrogens with one attached hydrogen (secondary N) is 2. The molecule has 0 saturated carbocycles. The summed E-state index contributed by atoms with van der Waals surface area (Å²) in [6, 6.07) is 8.93. The molecule has 0 aliphatic rings. The number of anilines is 1. The summed E-state index contributed by atoms with van der Waals surface area (Å²) in [5.74, 6) is 6.80. The van der Waals surface area contributed by atoms with Crippen molar-refractivity contribution >= 4 is 34.2 Å². The average Bonchev–Trinajstić information content (AvgIpc) is 3.57. The highest BCUT2D eigenvalue weighted by molar-refractivity contribution is 14.1.